The lowest BCUT2D eigenvalue weighted by molar-refractivity contribution is -0.137. The van der Waals surface area contributed by atoms with E-state index in [2.05, 4.69) is 20.7 Å². The Hall–Kier alpha value is -1.97. The van der Waals surface area contributed by atoms with E-state index in [0.717, 1.165) is 5.56 Å². The Kier molecular flexibility index (Phi) is 10.1. The number of likely N-dealkylation sites (tertiary alicyclic amines) is 1. The molecule has 1 aromatic carbocycles. The van der Waals surface area contributed by atoms with Gasteiger partial charge in [-0.3, -0.25) is 14.7 Å². The van der Waals surface area contributed by atoms with Gasteiger partial charge in [-0.25, -0.2) is 13.1 Å². The van der Waals surface area contributed by atoms with E-state index in [0.29, 0.717) is 37.4 Å². The number of benzene rings is 1. The Bertz CT molecular complexity index is 1000. The number of aliphatic carboxylic acids is 1. The summed E-state index contributed by atoms with van der Waals surface area (Å²) >= 11 is 5.87. The molecule has 0 aliphatic carbocycles. The Balaban J connectivity index is 0.00000363. The molecular weight excluding hydrogens is 473 g/mol. The summed E-state index contributed by atoms with van der Waals surface area (Å²) in [4.78, 5) is 17.2. The Morgan fingerprint density at radius 1 is 1.28 bits per heavy atom. The van der Waals surface area contributed by atoms with Crippen LogP contribution in [0.1, 0.15) is 31.2 Å². The van der Waals surface area contributed by atoms with Crippen LogP contribution in [0.5, 0.6) is 0 Å². The standard InChI is InChI=1S/C22H26ClN3O4S.ClH/c23-18-8-10-21(11-9-18)31(29,30)25-19-13-20(6-2-1-3-7-22(27)28)26(16-19)15-17-5-4-12-24-14-17;/h2,4-6,8-12,14,19-20,25H,1,3,7,13,15-16H2,(H,27,28);1H/b6-2-;/t19-,20-;/m1./s1. The number of hydrogen-bond donors (Lipinski definition) is 2. The van der Waals surface area contributed by atoms with Gasteiger partial charge in [0.2, 0.25) is 10.0 Å². The molecule has 10 heteroatoms. The van der Waals surface area contributed by atoms with Crippen LogP contribution >= 0.6 is 24.0 Å². The lowest BCUT2D eigenvalue weighted by Crippen LogP contribution is -2.37. The summed E-state index contributed by atoms with van der Waals surface area (Å²) < 4.78 is 28.4. The highest BCUT2D eigenvalue weighted by atomic mass is 35.5. The fraction of sp³-hybridized carbons (Fsp3) is 0.364. The molecule has 0 saturated carbocycles. The van der Waals surface area contributed by atoms with Gasteiger partial charge in [0, 0.05) is 49.0 Å². The molecule has 0 spiro atoms. The van der Waals surface area contributed by atoms with E-state index in [9.17, 15) is 13.2 Å². The van der Waals surface area contributed by atoms with Gasteiger partial charge in [0.1, 0.15) is 0 Å². The highest BCUT2D eigenvalue weighted by Crippen LogP contribution is 2.24. The van der Waals surface area contributed by atoms with Crippen molar-refractivity contribution in [2.24, 2.45) is 0 Å². The number of nitrogens with zero attached hydrogens (tertiary/aromatic N) is 2. The topological polar surface area (TPSA) is 99.6 Å². The van der Waals surface area contributed by atoms with Gasteiger partial charge in [-0.1, -0.05) is 29.8 Å². The number of nitrogens with one attached hydrogen (secondary N) is 1. The van der Waals surface area contributed by atoms with Crippen LogP contribution in [0.4, 0.5) is 0 Å². The van der Waals surface area contributed by atoms with Crippen LogP contribution < -0.4 is 4.72 Å². The number of hydrogen-bond acceptors (Lipinski definition) is 5. The first-order valence-electron chi connectivity index (χ1n) is 10.1. The molecule has 1 saturated heterocycles. The smallest absolute Gasteiger partial charge is 0.303 e. The van der Waals surface area contributed by atoms with Crippen molar-refractivity contribution in [3.8, 4) is 0 Å². The van der Waals surface area contributed by atoms with Crippen LogP contribution in [0.15, 0.2) is 65.8 Å². The SMILES string of the molecule is Cl.O=C(O)CCC/C=C\[C@@H]1C[C@@H](NS(=O)(=O)c2ccc(Cl)cc2)CN1Cc1cccnc1. The van der Waals surface area contributed by atoms with Crippen molar-refractivity contribution in [1.29, 1.82) is 0 Å². The van der Waals surface area contributed by atoms with Crippen LogP contribution in [0.3, 0.4) is 0 Å². The van der Waals surface area contributed by atoms with Gasteiger partial charge in [0.25, 0.3) is 0 Å². The van der Waals surface area contributed by atoms with Crippen molar-refractivity contribution in [2.45, 2.75) is 49.2 Å². The number of halogens is 2. The molecule has 2 heterocycles. The number of carbonyl (C=O) groups is 1. The summed E-state index contributed by atoms with van der Waals surface area (Å²) in [6, 6.07) is 9.77. The third-order valence-corrected chi connectivity index (χ3v) is 6.91. The maximum atomic E-state index is 12.8. The molecule has 1 aromatic heterocycles. The zero-order chi connectivity index (χ0) is 22.3. The number of aromatic nitrogens is 1. The van der Waals surface area contributed by atoms with E-state index < -0.39 is 16.0 Å². The molecule has 3 rings (SSSR count). The summed E-state index contributed by atoms with van der Waals surface area (Å²) in [7, 11) is -3.66. The molecule has 2 atom stereocenters. The number of allylic oxidation sites excluding steroid dienone is 1. The average molecular weight is 500 g/mol. The summed E-state index contributed by atoms with van der Waals surface area (Å²) in [5, 5.41) is 9.25. The van der Waals surface area contributed by atoms with Gasteiger partial charge in [-0.15, -0.1) is 12.4 Å². The largest absolute Gasteiger partial charge is 0.481 e. The second kappa shape index (κ2) is 12.3. The first-order valence-corrected chi connectivity index (χ1v) is 12.0. The van der Waals surface area contributed by atoms with Crippen LogP contribution in [0, 0.1) is 0 Å². The van der Waals surface area contributed by atoms with Gasteiger partial charge in [0.05, 0.1) is 4.90 Å². The third kappa shape index (κ3) is 7.86. The van der Waals surface area contributed by atoms with Crippen LogP contribution in [0.2, 0.25) is 5.02 Å². The van der Waals surface area contributed by atoms with Gasteiger partial charge in [-0.05, 0) is 55.2 Å². The number of sulfonamides is 1. The van der Waals surface area contributed by atoms with E-state index in [-0.39, 0.29) is 35.8 Å². The maximum absolute atomic E-state index is 12.8. The number of unbranched alkanes of at least 4 members (excludes halogenated alkanes) is 1. The fourth-order valence-corrected chi connectivity index (χ4v) is 5.02. The number of rotatable bonds is 10. The highest BCUT2D eigenvalue weighted by Gasteiger charge is 2.33. The highest BCUT2D eigenvalue weighted by molar-refractivity contribution is 7.89. The fourth-order valence-electron chi connectivity index (χ4n) is 3.65. The molecule has 1 aliphatic heterocycles. The average Bonchev–Trinajstić information content (AvgIpc) is 3.08. The van der Waals surface area contributed by atoms with E-state index in [1.807, 2.05) is 18.2 Å². The van der Waals surface area contributed by atoms with Crippen LogP contribution in [-0.2, 0) is 21.4 Å². The van der Waals surface area contributed by atoms with Gasteiger partial charge in [0.15, 0.2) is 0 Å². The normalized spacial score (nSPS) is 19.2. The van der Waals surface area contributed by atoms with Crippen molar-refractivity contribution in [3.05, 3.63) is 71.5 Å². The molecule has 2 N–H and O–H groups in total. The van der Waals surface area contributed by atoms with Crippen molar-refractivity contribution >= 4 is 40.0 Å². The molecule has 0 radical (unpaired) electrons. The van der Waals surface area contributed by atoms with E-state index >= 15 is 0 Å². The Morgan fingerprint density at radius 3 is 2.69 bits per heavy atom. The molecule has 174 valence electrons. The minimum Gasteiger partial charge on any atom is -0.481 e. The number of pyridine rings is 1. The monoisotopic (exact) mass is 499 g/mol. The number of carboxylic acid groups (broad SMARTS) is 1. The lowest BCUT2D eigenvalue weighted by Gasteiger charge is -2.21. The molecule has 7 nitrogen and oxygen atoms in total. The molecule has 0 amide bonds. The summed E-state index contributed by atoms with van der Waals surface area (Å²) in [6.07, 6.45) is 9.57. The zero-order valence-corrected chi connectivity index (χ0v) is 19.8. The molecule has 32 heavy (non-hydrogen) atoms. The summed E-state index contributed by atoms with van der Waals surface area (Å²) in [5.74, 6) is -0.802. The van der Waals surface area contributed by atoms with Gasteiger partial charge in [-0.2, -0.15) is 0 Å². The first kappa shape index (κ1) is 26.3. The molecule has 2 aromatic rings. The molecule has 1 aliphatic rings. The van der Waals surface area contributed by atoms with Crippen LogP contribution in [0.25, 0.3) is 0 Å². The summed E-state index contributed by atoms with van der Waals surface area (Å²) in [5.41, 5.74) is 1.05. The minimum absolute atomic E-state index is 0. The Morgan fingerprint density at radius 2 is 2.03 bits per heavy atom. The van der Waals surface area contributed by atoms with E-state index in [1.54, 1.807) is 24.5 Å². The quantitative estimate of drug-likeness (QED) is 0.379. The second-order valence-corrected chi connectivity index (χ2v) is 9.73. The van der Waals surface area contributed by atoms with Crippen molar-refractivity contribution in [1.82, 2.24) is 14.6 Å². The van der Waals surface area contributed by atoms with Crippen molar-refractivity contribution < 1.29 is 18.3 Å². The molecule has 0 unspecified atom stereocenters. The lowest BCUT2D eigenvalue weighted by atomic mass is 10.1. The van der Waals surface area contributed by atoms with Gasteiger partial charge < -0.3 is 5.11 Å². The molecule has 0 bridgehead atoms. The third-order valence-electron chi connectivity index (χ3n) is 5.12. The van der Waals surface area contributed by atoms with Gasteiger partial charge >= 0.3 is 5.97 Å². The summed E-state index contributed by atoms with van der Waals surface area (Å²) in [6.45, 7) is 1.21. The molecule has 1 fully saturated rings. The van der Waals surface area contributed by atoms with E-state index in [1.165, 1.54) is 12.1 Å². The minimum atomic E-state index is -3.66. The van der Waals surface area contributed by atoms with Crippen molar-refractivity contribution in [2.75, 3.05) is 6.54 Å². The van der Waals surface area contributed by atoms with Crippen molar-refractivity contribution in [3.63, 3.8) is 0 Å². The number of carboxylic acids is 1. The maximum Gasteiger partial charge on any atom is 0.303 e. The Labute approximate surface area is 200 Å². The first-order chi connectivity index (χ1) is 14.8. The predicted octanol–water partition coefficient (Wildman–Crippen LogP) is 3.89. The molecular formula is C22H27Cl2N3O4S. The van der Waals surface area contributed by atoms with E-state index in [4.69, 9.17) is 16.7 Å². The zero-order valence-electron chi connectivity index (χ0n) is 17.4. The predicted molar refractivity (Wildman–Crippen MR) is 126 cm³/mol. The van der Waals surface area contributed by atoms with Crippen LogP contribution in [-0.4, -0.2) is 48.0 Å². The second-order valence-electron chi connectivity index (χ2n) is 7.58.